The molecule has 0 bridgehead atoms. The van der Waals surface area contributed by atoms with E-state index in [1.165, 1.54) is 36.9 Å². The molecule has 1 fully saturated rings. The molecule has 2 aliphatic rings. The molecule has 6 nitrogen and oxygen atoms in total. The lowest BCUT2D eigenvalue weighted by atomic mass is 9.85. The topological polar surface area (TPSA) is 82.8 Å². The zero-order chi connectivity index (χ0) is 21.5. The molecule has 2 aliphatic heterocycles. The number of ether oxygens (including phenoxy) is 2. The number of allylic oxidation sites excluding steroid dienone is 1. The Morgan fingerprint density at radius 2 is 1.97 bits per heavy atom. The quantitative estimate of drug-likeness (QED) is 0.806. The van der Waals surface area contributed by atoms with E-state index in [0.29, 0.717) is 27.7 Å². The first-order valence-corrected chi connectivity index (χ1v) is 10.2. The molecule has 1 amide bonds. The first kappa shape index (κ1) is 20.3. The number of nitriles is 1. The average Bonchev–Trinajstić information content (AvgIpc) is 3.12. The van der Waals surface area contributed by atoms with Crippen LogP contribution in [0.5, 0.6) is 11.5 Å². The zero-order valence-electron chi connectivity index (χ0n) is 16.4. The van der Waals surface area contributed by atoms with Gasteiger partial charge in [0.2, 0.25) is 5.91 Å². The minimum absolute atomic E-state index is 0.108. The molecular weight excluding hydrogens is 407 g/mol. The molecule has 30 heavy (non-hydrogen) atoms. The lowest BCUT2D eigenvalue weighted by Crippen LogP contribution is -2.48. The van der Waals surface area contributed by atoms with Gasteiger partial charge >= 0.3 is 0 Å². The molecule has 0 radical (unpaired) electrons. The highest BCUT2D eigenvalue weighted by Gasteiger charge is 2.52. The van der Waals surface area contributed by atoms with Gasteiger partial charge < -0.3 is 14.6 Å². The van der Waals surface area contributed by atoms with Gasteiger partial charge in [0, 0.05) is 17.9 Å². The van der Waals surface area contributed by atoms with Crippen LogP contribution in [0, 0.1) is 17.1 Å². The minimum atomic E-state index is -1.65. The maximum atomic E-state index is 14.4. The number of thioether (sulfide) groups is 1. The molecule has 154 valence electrons. The van der Waals surface area contributed by atoms with Crippen molar-refractivity contribution in [2.75, 3.05) is 20.0 Å². The maximum absolute atomic E-state index is 14.4. The van der Waals surface area contributed by atoms with Gasteiger partial charge in [0.05, 0.1) is 36.6 Å². The Kier molecular flexibility index (Phi) is 5.18. The number of rotatable bonds is 4. The second kappa shape index (κ2) is 7.67. The third kappa shape index (κ3) is 3.02. The highest BCUT2D eigenvalue weighted by molar-refractivity contribution is 8.03. The second-order valence-electron chi connectivity index (χ2n) is 7.01. The Morgan fingerprint density at radius 1 is 1.23 bits per heavy atom. The lowest BCUT2D eigenvalue weighted by molar-refractivity contribution is -0.149. The summed E-state index contributed by atoms with van der Waals surface area (Å²) in [4.78, 5) is 14.4. The summed E-state index contributed by atoms with van der Waals surface area (Å²) in [6.07, 6.45) is -0.108. The molecule has 0 aliphatic carbocycles. The van der Waals surface area contributed by atoms with E-state index in [0.717, 1.165) is 0 Å². The third-order valence-corrected chi connectivity index (χ3v) is 6.66. The molecule has 2 aromatic rings. The van der Waals surface area contributed by atoms with Crippen molar-refractivity contribution in [1.29, 1.82) is 5.26 Å². The Morgan fingerprint density at radius 3 is 2.63 bits per heavy atom. The fourth-order valence-electron chi connectivity index (χ4n) is 3.95. The number of hydrogen-bond donors (Lipinski definition) is 1. The number of methoxy groups -OCH3 is 2. The molecule has 2 aromatic carbocycles. The smallest absolute Gasteiger partial charge is 0.231 e. The van der Waals surface area contributed by atoms with Crippen LogP contribution >= 0.6 is 11.8 Å². The van der Waals surface area contributed by atoms with Crippen molar-refractivity contribution in [3.05, 3.63) is 70.0 Å². The summed E-state index contributed by atoms with van der Waals surface area (Å²) < 4.78 is 25.0. The third-order valence-electron chi connectivity index (χ3n) is 5.44. The number of amides is 1. The van der Waals surface area contributed by atoms with Gasteiger partial charge in [0.1, 0.15) is 5.82 Å². The van der Waals surface area contributed by atoms with E-state index in [9.17, 15) is 19.6 Å². The first-order chi connectivity index (χ1) is 14.4. The maximum Gasteiger partial charge on any atom is 0.231 e. The molecule has 2 heterocycles. The van der Waals surface area contributed by atoms with Crippen LogP contribution < -0.4 is 9.47 Å². The number of nitrogens with zero attached hydrogens (tertiary/aromatic N) is 2. The number of halogens is 1. The van der Waals surface area contributed by atoms with E-state index in [2.05, 4.69) is 6.07 Å². The summed E-state index contributed by atoms with van der Waals surface area (Å²) in [6, 6.07) is 13.2. The zero-order valence-corrected chi connectivity index (χ0v) is 17.2. The summed E-state index contributed by atoms with van der Waals surface area (Å²) >= 11 is 1.21. The Hall–Kier alpha value is -3.02. The van der Waals surface area contributed by atoms with Crippen LogP contribution in [0.4, 0.5) is 4.39 Å². The highest BCUT2D eigenvalue weighted by atomic mass is 32.2. The molecule has 1 saturated heterocycles. The van der Waals surface area contributed by atoms with Crippen LogP contribution in [0.15, 0.2) is 53.1 Å². The van der Waals surface area contributed by atoms with Gasteiger partial charge in [-0.05, 0) is 23.8 Å². The van der Waals surface area contributed by atoms with Crippen molar-refractivity contribution >= 4 is 17.7 Å². The number of fused-ring (bicyclic) bond motifs is 1. The minimum Gasteiger partial charge on any atom is -0.493 e. The van der Waals surface area contributed by atoms with Gasteiger partial charge in [0.15, 0.2) is 17.2 Å². The molecule has 1 N–H and O–H groups in total. The van der Waals surface area contributed by atoms with E-state index < -0.39 is 17.5 Å². The molecule has 0 unspecified atom stereocenters. The Bertz CT molecular complexity index is 1100. The Balaban J connectivity index is 1.81. The fraction of sp³-hybridized carbons (Fsp3) is 0.273. The molecule has 2 atom stereocenters. The van der Waals surface area contributed by atoms with Crippen molar-refractivity contribution in [2.24, 2.45) is 0 Å². The molecular formula is C22H19FN2O4S. The van der Waals surface area contributed by atoms with Crippen LogP contribution in [0.3, 0.4) is 0 Å². The van der Waals surface area contributed by atoms with E-state index >= 15 is 0 Å². The second-order valence-corrected chi connectivity index (χ2v) is 7.98. The van der Waals surface area contributed by atoms with E-state index in [1.54, 1.807) is 36.4 Å². The Labute approximate surface area is 177 Å². The fourth-order valence-corrected chi connectivity index (χ4v) is 5.31. The summed E-state index contributed by atoms with van der Waals surface area (Å²) in [5.41, 5.74) is -0.630. The predicted molar refractivity (Wildman–Crippen MR) is 109 cm³/mol. The van der Waals surface area contributed by atoms with Crippen molar-refractivity contribution in [2.45, 2.75) is 18.1 Å². The van der Waals surface area contributed by atoms with Crippen molar-refractivity contribution in [3.8, 4) is 17.6 Å². The highest BCUT2D eigenvalue weighted by Crippen LogP contribution is 2.52. The van der Waals surface area contributed by atoms with Gasteiger partial charge in [-0.2, -0.15) is 5.26 Å². The number of benzene rings is 2. The SMILES string of the molecule is COc1ccc([C@@]2(O)CSC3=C(C#N)[C@H](c4ccccc4F)CC(=O)N32)cc1OC. The molecule has 0 aromatic heterocycles. The van der Waals surface area contributed by atoms with Gasteiger partial charge in [-0.3, -0.25) is 9.69 Å². The van der Waals surface area contributed by atoms with Crippen molar-refractivity contribution < 1.29 is 23.8 Å². The number of carbonyl (C=O) groups excluding carboxylic acids is 1. The van der Waals surface area contributed by atoms with E-state index in [4.69, 9.17) is 9.47 Å². The normalized spacial score (nSPS) is 23.2. The van der Waals surface area contributed by atoms with Gasteiger partial charge in [-0.25, -0.2) is 4.39 Å². The number of aliphatic hydroxyl groups is 1. The molecule has 8 heteroatoms. The summed E-state index contributed by atoms with van der Waals surface area (Å²) in [6.45, 7) is 0. The van der Waals surface area contributed by atoms with Crippen molar-refractivity contribution in [3.63, 3.8) is 0 Å². The number of hydrogen-bond acceptors (Lipinski definition) is 6. The average molecular weight is 426 g/mol. The largest absolute Gasteiger partial charge is 0.493 e. The predicted octanol–water partition coefficient (Wildman–Crippen LogP) is 3.49. The standard InChI is InChI=1S/C22H19FN2O4S/c1-28-18-8-7-13(9-19(18)29-2)22(27)12-30-21-16(11-24)15(10-20(26)25(21)22)14-5-3-4-6-17(14)23/h3-9,15,27H,10,12H2,1-2H3/t15-,22-/m0/s1. The summed E-state index contributed by atoms with van der Waals surface area (Å²) in [5.74, 6) is -0.475. The lowest BCUT2D eigenvalue weighted by Gasteiger charge is -2.38. The van der Waals surface area contributed by atoms with Gasteiger partial charge in [0.25, 0.3) is 0 Å². The summed E-state index contributed by atoms with van der Waals surface area (Å²) in [5, 5.41) is 21.7. The van der Waals surface area contributed by atoms with Crippen LogP contribution in [0.1, 0.15) is 23.5 Å². The monoisotopic (exact) mass is 426 g/mol. The van der Waals surface area contributed by atoms with Gasteiger partial charge in [-0.15, -0.1) is 11.8 Å². The van der Waals surface area contributed by atoms with E-state index in [-0.39, 0.29) is 23.7 Å². The molecule has 4 rings (SSSR count). The summed E-state index contributed by atoms with van der Waals surface area (Å²) in [7, 11) is 2.99. The number of carbonyl (C=O) groups is 1. The van der Waals surface area contributed by atoms with E-state index in [1.807, 2.05) is 0 Å². The van der Waals surface area contributed by atoms with Gasteiger partial charge in [-0.1, -0.05) is 24.3 Å². The van der Waals surface area contributed by atoms with Crippen LogP contribution in [-0.2, 0) is 10.5 Å². The van der Waals surface area contributed by atoms with Crippen LogP contribution in [0.2, 0.25) is 0 Å². The van der Waals surface area contributed by atoms with Crippen LogP contribution in [-0.4, -0.2) is 35.9 Å². The molecule has 0 spiro atoms. The first-order valence-electron chi connectivity index (χ1n) is 9.24. The van der Waals surface area contributed by atoms with Crippen molar-refractivity contribution in [1.82, 2.24) is 4.90 Å². The molecule has 0 saturated carbocycles. The van der Waals surface area contributed by atoms with Crippen LogP contribution in [0.25, 0.3) is 0 Å².